The highest BCUT2D eigenvalue weighted by molar-refractivity contribution is 6.09. The molecule has 2 aliphatic rings. The van der Waals surface area contributed by atoms with Crippen molar-refractivity contribution in [1.82, 2.24) is 19.9 Å². The molecule has 24 heavy (non-hydrogen) atoms. The summed E-state index contributed by atoms with van der Waals surface area (Å²) < 4.78 is 1.48. The van der Waals surface area contributed by atoms with Gasteiger partial charge in [0, 0.05) is 0 Å². The summed E-state index contributed by atoms with van der Waals surface area (Å²) in [4.78, 5) is 42.0. The number of aromatic nitrogens is 2. The highest BCUT2D eigenvalue weighted by Gasteiger charge is 2.56. The van der Waals surface area contributed by atoms with E-state index in [0.717, 1.165) is 28.8 Å². The molecule has 0 bridgehead atoms. The van der Waals surface area contributed by atoms with E-state index in [4.69, 9.17) is 0 Å². The fourth-order valence-corrected chi connectivity index (χ4v) is 3.16. The Morgan fingerprint density at radius 2 is 2.12 bits per heavy atom. The standard InChI is InChI=1S/C16H17N5O3/c1-16(10-6-7-10)14(23)20(15(24)18-16)8-13(22)19-21-9-17-11-4-2-3-5-12(11)21/h2-5,9-10H,6-8H2,1H3,(H,18,24)(H,19,22). The number of carbonyl (C=O) groups is 3. The summed E-state index contributed by atoms with van der Waals surface area (Å²) in [6, 6.07) is 6.83. The van der Waals surface area contributed by atoms with Crippen LogP contribution in [0.15, 0.2) is 30.6 Å². The van der Waals surface area contributed by atoms with E-state index >= 15 is 0 Å². The van der Waals surface area contributed by atoms with E-state index in [1.165, 1.54) is 11.0 Å². The average molecular weight is 327 g/mol. The Morgan fingerprint density at radius 3 is 2.88 bits per heavy atom. The van der Waals surface area contributed by atoms with E-state index in [-0.39, 0.29) is 18.4 Å². The van der Waals surface area contributed by atoms with Gasteiger partial charge in [0.1, 0.15) is 18.4 Å². The van der Waals surface area contributed by atoms with Crippen molar-refractivity contribution in [2.45, 2.75) is 25.3 Å². The number of nitrogens with zero attached hydrogens (tertiary/aromatic N) is 3. The monoisotopic (exact) mass is 327 g/mol. The Hall–Kier alpha value is -2.90. The maximum absolute atomic E-state index is 12.5. The molecule has 1 aromatic heterocycles. The third-order valence-electron chi connectivity index (χ3n) is 4.70. The number of imide groups is 1. The fraction of sp³-hybridized carbons (Fsp3) is 0.375. The SMILES string of the molecule is CC1(C2CC2)NC(=O)N(CC(=O)Nn2cnc3ccccc32)C1=O. The van der Waals surface area contributed by atoms with Crippen LogP contribution in [0.3, 0.4) is 0 Å². The zero-order valence-corrected chi connectivity index (χ0v) is 13.2. The van der Waals surface area contributed by atoms with Crippen LogP contribution in [0, 0.1) is 5.92 Å². The fourth-order valence-electron chi connectivity index (χ4n) is 3.16. The predicted molar refractivity (Wildman–Crippen MR) is 85.5 cm³/mol. The number of hydrogen-bond donors (Lipinski definition) is 2. The molecule has 1 atom stereocenters. The number of hydrogen-bond acceptors (Lipinski definition) is 4. The minimum Gasteiger partial charge on any atom is -0.323 e. The van der Waals surface area contributed by atoms with E-state index in [1.54, 1.807) is 6.92 Å². The molecule has 2 fully saturated rings. The first kappa shape index (κ1) is 14.7. The van der Waals surface area contributed by atoms with Crippen molar-refractivity contribution in [1.29, 1.82) is 0 Å². The lowest BCUT2D eigenvalue weighted by molar-refractivity contribution is -0.134. The summed E-state index contributed by atoms with van der Waals surface area (Å²) in [5, 5.41) is 2.72. The zero-order chi connectivity index (χ0) is 16.9. The number of para-hydroxylation sites is 2. The highest BCUT2D eigenvalue weighted by atomic mass is 16.2. The normalized spacial score (nSPS) is 23.6. The van der Waals surface area contributed by atoms with Gasteiger partial charge in [0.25, 0.3) is 11.8 Å². The summed E-state index contributed by atoms with van der Waals surface area (Å²) in [5.74, 6) is -0.623. The van der Waals surface area contributed by atoms with Gasteiger partial charge < -0.3 is 5.32 Å². The number of rotatable bonds is 4. The Bertz CT molecular complexity index is 856. The number of carbonyl (C=O) groups excluding carboxylic acids is 3. The number of amides is 4. The van der Waals surface area contributed by atoms with Gasteiger partial charge in [-0.05, 0) is 37.8 Å². The van der Waals surface area contributed by atoms with Gasteiger partial charge >= 0.3 is 6.03 Å². The molecular weight excluding hydrogens is 310 g/mol. The van der Waals surface area contributed by atoms with E-state index in [2.05, 4.69) is 15.7 Å². The smallest absolute Gasteiger partial charge is 0.323 e. The molecule has 4 rings (SSSR count). The van der Waals surface area contributed by atoms with Crippen LogP contribution in [-0.2, 0) is 9.59 Å². The molecule has 1 aromatic carbocycles. The van der Waals surface area contributed by atoms with Crippen molar-refractivity contribution in [3.8, 4) is 0 Å². The van der Waals surface area contributed by atoms with Crippen molar-refractivity contribution >= 4 is 28.9 Å². The second-order valence-electron chi connectivity index (χ2n) is 6.44. The number of urea groups is 1. The van der Waals surface area contributed by atoms with Gasteiger partial charge in [0.05, 0.1) is 11.0 Å². The molecule has 2 heterocycles. The summed E-state index contributed by atoms with van der Waals surface area (Å²) in [6.45, 7) is 1.41. The molecule has 2 N–H and O–H groups in total. The predicted octanol–water partition coefficient (Wildman–Crippen LogP) is 0.827. The van der Waals surface area contributed by atoms with E-state index < -0.39 is 17.5 Å². The molecule has 2 aromatic rings. The largest absolute Gasteiger partial charge is 0.325 e. The van der Waals surface area contributed by atoms with Gasteiger partial charge in [-0.1, -0.05) is 12.1 Å². The first-order valence-electron chi connectivity index (χ1n) is 7.85. The maximum atomic E-state index is 12.5. The van der Waals surface area contributed by atoms with Crippen LogP contribution in [0.5, 0.6) is 0 Å². The summed E-state index contributed by atoms with van der Waals surface area (Å²) in [5.41, 5.74) is 3.26. The minimum atomic E-state index is -0.876. The maximum Gasteiger partial charge on any atom is 0.325 e. The first-order valence-corrected chi connectivity index (χ1v) is 7.85. The van der Waals surface area contributed by atoms with E-state index in [0.29, 0.717) is 0 Å². The second kappa shape index (κ2) is 5.05. The highest BCUT2D eigenvalue weighted by Crippen LogP contribution is 2.42. The molecule has 8 nitrogen and oxygen atoms in total. The lowest BCUT2D eigenvalue weighted by Gasteiger charge is -2.20. The third-order valence-corrected chi connectivity index (χ3v) is 4.70. The Kier molecular flexibility index (Phi) is 3.09. The minimum absolute atomic E-state index is 0.166. The average Bonchev–Trinajstić information content (AvgIpc) is 3.31. The molecule has 4 amide bonds. The Balaban J connectivity index is 1.48. The molecule has 124 valence electrons. The van der Waals surface area contributed by atoms with Gasteiger partial charge in [-0.15, -0.1) is 0 Å². The molecule has 1 aliphatic carbocycles. The van der Waals surface area contributed by atoms with E-state index in [1.807, 2.05) is 24.3 Å². The number of imidazole rings is 1. The lowest BCUT2D eigenvalue weighted by Crippen LogP contribution is -2.46. The van der Waals surface area contributed by atoms with Crippen molar-refractivity contribution in [3.05, 3.63) is 30.6 Å². The summed E-state index contributed by atoms with van der Waals surface area (Å²) in [6.07, 6.45) is 3.33. The van der Waals surface area contributed by atoms with E-state index in [9.17, 15) is 14.4 Å². The van der Waals surface area contributed by atoms with Gasteiger partial charge in [-0.2, -0.15) is 0 Å². The second-order valence-corrected chi connectivity index (χ2v) is 6.44. The zero-order valence-electron chi connectivity index (χ0n) is 13.2. The molecule has 0 spiro atoms. The van der Waals surface area contributed by atoms with Crippen LogP contribution in [0.4, 0.5) is 4.79 Å². The van der Waals surface area contributed by atoms with Crippen LogP contribution in [-0.4, -0.2) is 44.5 Å². The first-order chi connectivity index (χ1) is 11.5. The van der Waals surface area contributed by atoms with Crippen molar-refractivity contribution in [2.24, 2.45) is 5.92 Å². The van der Waals surface area contributed by atoms with Crippen LogP contribution in [0.2, 0.25) is 0 Å². The molecule has 0 radical (unpaired) electrons. The molecule has 1 saturated heterocycles. The Morgan fingerprint density at radius 1 is 1.38 bits per heavy atom. The molecule has 1 unspecified atom stereocenters. The van der Waals surface area contributed by atoms with Gasteiger partial charge in [-0.3, -0.25) is 19.9 Å². The number of nitrogens with one attached hydrogen (secondary N) is 2. The lowest BCUT2D eigenvalue weighted by atomic mass is 9.96. The molecule has 8 heteroatoms. The molecule has 1 aliphatic heterocycles. The third kappa shape index (κ3) is 2.22. The van der Waals surface area contributed by atoms with Crippen molar-refractivity contribution in [3.63, 3.8) is 0 Å². The number of fused-ring (bicyclic) bond motifs is 1. The number of benzene rings is 1. The summed E-state index contributed by atoms with van der Waals surface area (Å²) >= 11 is 0. The van der Waals surface area contributed by atoms with Crippen LogP contribution < -0.4 is 10.7 Å². The quantitative estimate of drug-likeness (QED) is 0.813. The van der Waals surface area contributed by atoms with Crippen molar-refractivity contribution < 1.29 is 14.4 Å². The van der Waals surface area contributed by atoms with Gasteiger partial charge in [0.15, 0.2) is 0 Å². The van der Waals surface area contributed by atoms with Gasteiger partial charge in [-0.25, -0.2) is 14.5 Å². The van der Waals surface area contributed by atoms with Crippen molar-refractivity contribution in [2.75, 3.05) is 12.0 Å². The molecular formula is C16H17N5O3. The van der Waals surface area contributed by atoms with Crippen LogP contribution >= 0.6 is 0 Å². The summed E-state index contributed by atoms with van der Waals surface area (Å²) in [7, 11) is 0. The van der Waals surface area contributed by atoms with Crippen LogP contribution in [0.25, 0.3) is 11.0 Å². The Labute approximate surface area is 137 Å². The van der Waals surface area contributed by atoms with Gasteiger partial charge in [0.2, 0.25) is 0 Å². The topological polar surface area (TPSA) is 96.3 Å². The van der Waals surface area contributed by atoms with Crippen LogP contribution in [0.1, 0.15) is 19.8 Å². The molecule has 1 saturated carbocycles.